The molecule has 1 aromatic heterocycles. The van der Waals surface area contributed by atoms with Crippen molar-refractivity contribution < 1.29 is 4.79 Å². The molecule has 0 saturated carbocycles. The Bertz CT molecular complexity index is 548. The first kappa shape index (κ1) is 14.3. The van der Waals surface area contributed by atoms with Crippen LogP contribution in [0.1, 0.15) is 35.0 Å². The quantitative estimate of drug-likeness (QED) is 0.807. The molecule has 2 aromatic rings. The Hall–Kier alpha value is -1.13. The van der Waals surface area contributed by atoms with Gasteiger partial charge in [-0.1, -0.05) is 25.5 Å². The molecule has 0 radical (unpaired) electrons. The van der Waals surface area contributed by atoms with Crippen LogP contribution in [0.25, 0.3) is 0 Å². The fraction of sp³-hybridized carbons (Fsp3) is 0.267. The second-order valence-corrected chi connectivity index (χ2v) is 6.12. The molecule has 0 spiro atoms. The number of amides is 1. The first-order valence-electron chi connectivity index (χ1n) is 6.34. The molecule has 2 nitrogen and oxygen atoms in total. The molecule has 1 amide bonds. The minimum atomic E-state index is -0.0665. The molecule has 0 aliphatic rings. The molecule has 0 fully saturated rings. The van der Waals surface area contributed by atoms with Crippen molar-refractivity contribution in [2.24, 2.45) is 0 Å². The van der Waals surface area contributed by atoms with Gasteiger partial charge in [0.05, 0.1) is 0 Å². The molecule has 0 bridgehead atoms. The van der Waals surface area contributed by atoms with Crippen LogP contribution in [0.5, 0.6) is 0 Å². The van der Waals surface area contributed by atoms with Gasteiger partial charge in [-0.05, 0) is 57.9 Å². The third kappa shape index (κ3) is 3.91. The van der Waals surface area contributed by atoms with Crippen LogP contribution in [-0.4, -0.2) is 5.91 Å². The molecule has 4 heteroatoms. The van der Waals surface area contributed by atoms with Gasteiger partial charge in [0.1, 0.15) is 4.88 Å². The lowest BCUT2D eigenvalue weighted by Crippen LogP contribution is -2.10. The van der Waals surface area contributed by atoms with Crippen molar-refractivity contribution >= 4 is 38.9 Å². The number of halogens is 1. The summed E-state index contributed by atoms with van der Waals surface area (Å²) < 4.78 is 0.842. The van der Waals surface area contributed by atoms with Crippen molar-refractivity contribution in [1.29, 1.82) is 0 Å². The van der Waals surface area contributed by atoms with Crippen LogP contribution < -0.4 is 5.32 Å². The second kappa shape index (κ2) is 6.87. The molecular weight excluding hydrogens is 322 g/mol. The minimum Gasteiger partial charge on any atom is -0.321 e. The van der Waals surface area contributed by atoms with E-state index in [0.29, 0.717) is 4.88 Å². The number of aryl methyl sites for hydroxylation is 1. The van der Waals surface area contributed by atoms with Gasteiger partial charge in [-0.25, -0.2) is 0 Å². The maximum atomic E-state index is 12.0. The van der Waals surface area contributed by atoms with Gasteiger partial charge >= 0.3 is 0 Å². The van der Waals surface area contributed by atoms with Crippen molar-refractivity contribution in [1.82, 2.24) is 0 Å². The van der Waals surface area contributed by atoms with E-state index in [9.17, 15) is 4.79 Å². The molecule has 100 valence electrons. The molecule has 2 rings (SSSR count). The standard InChI is InChI=1S/C15H16BrNOS/c1-2-3-4-11-5-7-12(8-6-11)17-15(18)14-13(16)9-10-19-14/h5-10H,2-4H2,1H3,(H,17,18). The number of carbonyl (C=O) groups excluding carboxylic acids is 1. The summed E-state index contributed by atoms with van der Waals surface area (Å²) in [5, 5.41) is 4.81. The highest BCUT2D eigenvalue weighted by Crippen LogP contribution is 2.23. The summed E-state index contributed by atoms with van der Waals surface area (Å²) in [5.41, 5.74) is 2.16. The Balaban J connectivity index is 2.00. The summed E-state index contributed by atoms with van der Waals surface area (Å²) in [6, 6.07) is 9.96. The fourth-order valence-electron chi connectivity index (χ4n) is 1.78. The molecule has 0 unspecified atom stereocenters. The first-order valence-corrected chi connectivity index (χ1v) is 8.01. The van der Waals surface area contributed by atoms with E-state index in [4.69, 9.17) is 0 Å². The molecule has 1 aromatic carbocycles. The number of carbonyl (C=O) groups is 1. The van der Waals surface area contributed by atoms with Gasteiger partial charge in [-0.2, -0.15) is 0 Å². The van der Waals surface area contributed by atoms with Crippen molar-refractivity contribution in [3.63, 3.8) is 0 Å². The average molecular weight is 338 g/mol. The number of hydrogen-bond donors (Lipinski definition) is 1. The molecule has 0 saturated heterocycles. The summed E-state index contributed by atoms with van der Waals surface area (Å²) in [6.45, 7) is 2.19. The number of benzene rings is 1. The van der Waals surface area contributed by atoms with E-state index in [1.165, 1.54) is 29.7 Å². The van der Waals surface area contributed by atoms with Crippen LogP contribution in [0.4, 0.5) is 5.69 Å². The number of thiophene rings is 1. The maximum Gasteiger partial charge on any atom is 0.266 e. The second-order valence-electron chi connectivity index (χ2n) is 4.35. The highest BCUT2D eigenvalue weighted by Gasteiger charge is 2.11. The molecule has 1 N–H and O–H groups in total. The summed E-state index contributed by atoms with van der Waals surface area (Å²) in [5.74, 6) is -0.0665. The van der Waals surface area contributed by atoms with E-state index in [0.717, 1.165) is 16.6 Å². The van der Waals surface area contributed by atoms with Crippen LogP contribution in [0.2, 0.25) is 0 Å². The van der Waals surface area contributed by atoms with Gasteiger partial charge in [0.15, 0.2) is 0 Å². The van der Waals surface area contributed by atoms with E-state index in [2.05, 4.69) is 40.3 Å². The van der Waals surface area contributed by atoms with Gasteiger partial charge in [0.2, 0.25) is 0 Å². The van der Waals surface area contributed by atoms with Crippen molar-refractivity contribution in [3.05, 3.63) is 50.6 Å². The molecule has 0 aliphatic carbocycles. The monoisotopic (exact) mass is 337 g/mol. The number of unbranched alkanes of at least 4 members (excludes halogenated alkanes) is 1. The van der Waals surface area contributed by atoms with Crippen LogP contribution in [0, 0.1) is 0 Å². The van der Waals surface area contributed by atoms with Crippen LogP contribution in [0.3, 0.4) is 0 Å². The number of rotatable bonds is 5. The average Bonchev–Trinajstić information content (AvgIpc) is 2.84. The zero-order valence-corrected chi connectivity index (χ0v) is 13.2. The zero-order chi connectivity index (χ0) is 13.7. The Morgan fingerprint density at radius 1 is 1.26 bits per heavy atom. The third-order valence-electron chi connectivity index (χ3n) is 2.85. The molecule has 0 atom stereocenters. The van der Waals surface area contributed by atoms with Gasteiger partial charge in [0.25, 0.3) is 5.91 Å². The van der Waals surface area contributed by atoms with Crippen LogP contribution >= 0.6 is 27.3 Å². The van der Waals surface area contributed by atoms with E-state index >= 15 is 0 Å². The van der Waals surface area contributed by atoms with Crippen molar-refractivity contribution in [3.8, 4) is 0 Å². The topological polar surface area (TPSA) is 29.1 Å². The fourth-order valence-corrected chi connectivity index (χ4v) is 3.23. The predicted molar refractivity (Wildman–Crippen MR) is 85.0 cm³/mol. The zero-order valence-electron chi connectivity index (χ0n) is 10.8. The molecule has 0 aliphatic heterocycles. The molecule has 1 heterocycles. The normalized spacial score (nSPS) is 10.4. The third-order valence-corrected chi connectivity index (χ3v) is 4.69. The Kier molecular flexibility index (Phi) is 5.16. The summed E-state index contributed by atoms with van der Waals surface area (Å²) in [6.07, 6.45) is 3.50. The van der Waals surface area contributed by atoms with E-state index in [1.54, 1.807) is 0 Å². The van der Waals surface area contributed by atoms with E-state index < -0.39 is 0 Å². The molecular formula is C15H16BrNOS. The summed E-state index contributed by atoms with van der Waals surface area (Å²) >= 11 is 4.80. The lowest BCUT2D eigenvalue weighted by Gasteiger charge is -2.06. The van der Waals surface area contributed by atoms with Crippen molar-refractivity contribution in [2.75, 3.05) is 5.32 Å². The smallest absolute Gasteiger partial charge is 0.266 e. The van der Waals surface area contributed by atoms with Gasteiger partial charge < -0.3 is 5.32 Å². The Morgan fingerprint density at radius 2 is 2.00 bits per heavy atom. The SMILES string of the molecule is CCCCc1ccc(NC(=O)c2sccc2Br)cc1. The predicted octanol–water partition coefficient (Wildman–Crippen LogP) is 5.11. The summed E-state index contributed by atoms with van der Waals surface area (Å²) in [7, 11) is 0. The van der Waals surface area contributed by atoms with E-state index in [-0.39, 0.29) is 5.91 Å². The maximum absolute atomic E-state index is 12.0. The molecule has 19 heavy (non-hydrogen) atoms. The van der Waals surface area contributed by atoms with Gasteiger partial charge in [0, 0.05) is 10.2 Å². The lowest BCUT2D eigenvalue weighted by atomic mass is 10.1. The minimum absolute atomic E-state index is 0.0665. The van der Waals surface area contributed by atoms with Gasteiger partial charge in [-0.3, -0.25) is 4.79 Å². The largest absolute Gasteiger partial charge is 0.321 e. The van der Waals surface area contributed by atoms with E-state index in [1.807, 2.05) is 23.6 Å². The highest BCUT2D eigenvalue weighted by atomic mass is 79.9. The number of anilines is 1. The van der Waals surface area contributed by atoms with Crippen molar-refractivity contribution in [2.45, 2.75) is 26.2 Å². The van der Waals surface area contributed by atoms with Gasteiger partial charge in [-0.15, -0.1) is 11.3 Å². The lowest BCUT2D eigenvalue weighted by molar-refractivity contribution is 0.103. The number of nitrogens with one attached hydrogen (secondary N) is 1. The Morgan fingerprint density at radius 3 is 2.58 bits per heavy atom. The summed E-state index contributed by atoms with van der Waals surface area (Å²) in [4.78, 5) is 12.7. The van der Waals surface area contributed by atoms with Crippen LogP contribution in [0.15, 0.2) is 40.2 Å². The van der Waals surface area contributed by atoms with Crippen LogP contribution in [-0.2, 0) is 6.42 Å². The first-order chi connectivity index (χ1) is 9.20. The number of hydrogen-bond acceptors (Lipinski definition) is 2. The Labute approximate surface area is 126 Å². The highest BCUT2D eigenvalue weighted by molar-refractivity contribution is 9.10.